The van der Waals surface area contributed by atoms with Crippen LogP contribution in [0.3, 0.4) is 0 Å². The lowest BCUT2D eigenvalue weighted by molar-refractivity contribution is -0.121. The zero-order valence-corrected chi connectivity index (χ0v) is 18.3. The van der Waals surface area contributed by atoms with Gasteiger partial charge in [-0.25, -0.2) is 0 Å². The van der Waals surface area contributed by atoms with Gasteiger partial charge < -0.3 is 9.88 Å². The molecule has 2 heterocycles. The van der Waals surface area contributed by atoms with Crippen molar-refractivity contribution in [1.29, 1.82) is 0 Å². The van der Waals surface area contributed by atoms with E-state index < -0.39 is 18.7 Å². The van der Waals surface area contributed by atoms with Crippen LogP contribution in [0.2, 0.25) is 0 Å². The lowest BCUT2D eigenvalue weighted by Gasteiger charge is -2.11. The van der Waals surface area contributed by atoms with E-state index >= 15 is 0 Å². The Kier molecular flexibility index (Phi) is 6.81. The third kappa shape index (κ3) is 5.85. The van der Waals surface area contributed by atoms with Crippen molar-refractivity contribution in [2.45, 2.75) is 45.0 Å². The van der Waals surface area contributed by atoms with Crippen molar-refractivity contribution in [3.8, 4) is 11.3 Å². The number of hydrogen-bond donors (Lipinski definition) is 1. The summed E-state index contributed by atoms with van der Waals surface area (Å²) in [5, 5.41) is 4.08. The number of carbonyl (C=O) groups excluding carboxylic acids is 1. The lowest BCUT2D eigenvalue weighted by atomic mass is 10.1. The molecule has 0 radical (unpaired) electrons. The van der Waals surface area contributed by atoms with Gasteiger partial charge in [-0.15, -0.1) is 0 Å². The number of amides is 1. The van der Waals surface area contributed by atoms with Crippen LogP contribution in [0.15, 0.2) is 85.2 Å². The fraction of sp³-hybridized carbons (Fsp3) is 0.286. The van der Waals surface area contributed by atoms with Gasteiger partial charge in [-0.05, 0) is 48.6 Å². The molecule has 0 bridgehead atoms. The average Bonchev–Trinajstić information content (AvgIpc) is 3.26. The molecular weight excluding hydrogens is 394 g/mol. The number of fused-ring (bicyclic) bond motifs is 1. The van der Waals surface area contributed by atoms with Crippen LogP contribution in [0.1, 0.15) is 40.4 Å². The summed E-state index contributed by atoms with van der Waals surface area (Å²) in [6.45, 7) is 1.49. The average molecular weight is 428 g/mol. The fourth-order valence-corrected chi connectivity index (χ4v) is 3.96. The van der Waals surface area contributed by atoms with E-state index in [0.717, 1.165) is 32.2 Å². The molecule has 2 unspecified atom stereocenters. The minimum atomic E-state index is -1.15. The number of aryl methyl sites for hydroxylation is 2. The molecule has 0 aliphatic heterocycles. The van der Waals surface area contributed by atoms with Gasteiger partial charge in [-0.2, -0.15) is 0 Å². The first-order valence-corrected chi connectivity index (χ1v) is 11.3. The summed E-state index contributed by atoms with van der Waals surface area (Å²) in [7, 11) is 0. The van der Waals surface area contributed by atoms with E-state index in [-0.39, 0.29) is 0 Å². The molecule has 1 N–H and O–H groups in total. The summed E-state index contributed by atoms with van der Waals surface area (Å²) < 4.78 is 18.6. The zero-order chi connectivity index (χ0) is 23.8. The van der Waals surface area contributed by atoms with Crippen LogP contribution in [-0.2, 0) is 17.7 Å². The molecule has 0 aliphatic carbocycles. The van der Waals surface area contributed by atoms with E-state index in [0.29, 0.717) is 12.1 Å². The molecule has 1 amide bonds. The number of hydrogen-bond acceptors (Lipinski definition) is 2. The number of nitrogens with zero attached hydrogens (tertiary/aromatic N) is 2. The van der Waals surface area contributed by atoms with E-state index in [1.54, 1.807) is 24.5 Å². The second-order valence-corrected chi connectivity index (χ2v) is 7.93. The number of para-hydroxylation sites is 1. The number of benzene rings is 2. The van der Waals surface area contributed by atoms with Crippen molar-refractivity contribution in [2.24, 2.45) is 0 Å². The van der Waals surface area contributed by atoms with Gasteiger partial charge in [0.25, 0.3) is 0 Å². The minimum absolute atomic E-state index is 0.393. The van der Waals surface area contributed by atoms with Crippen molar-refractivity contribution in [1.82, 2.24) is 14.9 Å². The first kappa shape index (κ1) is 19.3. The van der Waals surface area contributed by atoms with E-state index in [2.05, 4.69) is 69.5 Å². The molecule has 0 spiro atoms. The SMILES string of the molecule is [2H]C(C(=O)NCCCCCCn1c(-c2ccccc2)cc2ccccc21)C([2H])c1cccnc1. The maximum Gasteiger partial charge on any atom is 0.220 e. The van der Waals surface area contributed by atoms with Crippen LogP contribution in [0, 0.1) is 0 Å². The highest BCUT2D eigenvalue weighted by molar-refractivity contribution is 5.87. The van der Waals surface area contributed by atoms with Crippen LogP contribution >= 0.6 is 0 Å². The van der Waals surface area contributed by atoms with Gasteiger partial charge in [0.2, 0.25) is 5.91 Å². The summed E-state index contributed by atoms with van der Waals surface area (Å²) in [5.74, 6) is -0.393. The molecule has 2 atom stereocenters. The monoisotopic (exact) mass is 427 g/mol. The number of unbranched alkanes of at least 4 members (excludes halogenated alkanes) is 3. The Morgan fingerprint density at radius 2 is 1.75 bits per heavy atom. The van der Waals surface area contributed by atoms with E-state index in [4.69, 9.17) is 2.74 Å². The Morgan fingerprint density at radius 3 is 2.59 bits per heavy atom. The number of rotatable bonds is 11. The van der Waals surface area contributed by atoms with Gasteiger partial charge in [0.05, 0.1) is 0 Å². The molecule has 4 aromatic rings. The van der Waals surface area contributed by atoms with Crippen molar-refractivity contribution in [2.75, 3.05) is 6.54 Å². The van der Waals surface area contributed by atoms with Gasteiger partial charge in [0, 0.05) is 51.2 Å². The lowest BCUT2D eigenvalue weighted by Crippen LogP contribution is -2.24. The third-order valence-corrected chi connectivity index (χ3v) is 5.60. The predicted octanol–water partition coefficient (Wildman–Crippen LogP) is 6.01. The normalized spacial score (nSPS) is 13.9. The van der Waals surface area contributed by atoms with Crippen molar-refractivity contribution >= 4 is 16.8 Å². The van der Waals surface area contributed by atoms with Crippen LogP contribution in [0.4, 0.5) is 0 Å². The summed E-state index contributed by atoms with van der Waals surface area (Å²) in [4.78, 5) is 16.2. The number of pyridine rings is 1. The second-order valence-electron chi connectivity index (χ2n) is 7.93. The molecule has 2 aromatic carbocycles. The Balaban J connectivity index is 1.23. The molecule has 4 rings (SSSR count). The number of carbonyl (C=O) groups is 1. The Labute approximate surface area is 193 Å². The van der Waals surface area contributed by atoms with Crippen molar-refractivity contribution in [3.63, 3.8) is 0 Å². The van der Waals surface area contributed by atoms with Crippen LogP contribution in [-0.4, -0.2) is 22.0 Å². The summed E-state index contributed by atoms with van der Waals surface area (Å²) >= 11 is 0. The fourth-order valence-electron chi connectivity index (χ4n) is 3.96. The first-order chi connectivity index (χ1) is 16.6. The molecule has 0 saturated carbocycles. The largest absolute Gasteiger partial charge is 0.356 e. The quantitative estimate of drug-likeness (QED) is 0.298. The van der Waals surface area contributed by atoms with Gasteiger partial charge >= 0.3 is 0 Å². The Morgan fingerprint density at radius 1 is 0.938 bits per heavy atom. The molecule has 0 fully saturated rings. The summed E-state index contributed by atoms with van der Waals surface area (Å²) in [5.41, 5.74) is 4.32. The Bertz CT molecular complexity index is 1190. The smallest absolute Gasteiger partial charge is 0.220 e. The maximum atomic E-state index is 12.3. The number of nitrogens with one attached hydrogen (secondary N) is 1. The molecule has 2 aromatic heterocycles. The van der Waals surface area contributed by atoms with E-state index in [9.17, 15) is 4.79 Å². The molecule has 0 aliphatic rings. The van der Waals surface area contributed by atoms with Gasteiger partial charge in [-0.1, -0.05) is 67.4 Å². The Hall–Kier alpha value is -3.40. The highest BCUT2D eigenvalue weighted by Gasteiger charge is 2.10. The number of aromatic nitrogens is 2. The highest BCUT2D eigenvalue weighted by atomic mass is 16.1. The van der Waals surface area contributed by atoms with Crippen molar-refractivity contribution in [3.05, 3.63) is 90.8 Å². The molecule has 164 valence electrons. The molecule has 32 heavy (non-hydrogen) atoms. The highest BCUT2D eigenvalue weighted by Crippen LogP contribution is 2.28. The zero-order valence-electron chi connectivity index (χ0n) is 20.3. The molecule has 0 saturated heterocycles. The van der Waals surface area contributed by atoms with Crippen LogP contribution < -0.4 is 5.32 Å². The first-order valence-electron chi connectivity index (χ1n) is 12.5. The van der Waals surface area contributed by atoms with Gasteiger partial charge in [0.15, 0.2) is 0 Å². The third-order valence-electron chi connectivity index (χ3n) is 5.60. The van der Waals surface area contributed by atoms with Crippen molar-refractivity contribution < 1.29 is 7.54 Å². The van der Waals surface area contributed by atoms with E-state index in [1.165, 1.54) is 22.2 Å². The molecular formula is C28H31N3O. The summed E-state index contributed by atoms with van der Waals surface area (Å²) in [6.07, 6.45) is 5.09. The van der Waals surface area contributed by atoms with Crippen LogP contribution in [0.5, 0.6) is 0 Å². The van der Waals surface area contributed by atoms with Gasteiger partial charge in [-0.3, -0.25) is 9.78 Å². The summed E-state index contributed by atoms with van der Waals surface area (Å²) in [6, 6.07) is 24.7. The minimum Gasteiger partial charge on any atom is -0.356 e. The molecule has 4 heteroatoms. The second kappa shape index (κ2) is 11.3. The maximum absolute atomic E-state index is 12.3. The van der Waals surface area contributed by atoms with Crippen LogP contribution in [0.25, 0.3) is 22.2 Å². The molecule has 4 nitrogen and oxygen atoms in total. The van der Waals surface area contributed by atoms with E-state index in [1.807, 2.05) is 6.07 Å². The predicted molar refractivity (Wildman–Crippen MR) is 131 cm³/mol. The standard InChI is InChI=1S/C28H31N3O/c32-28(17-16-23-11-10-18-29-22-23)30-19-8-1-2-9-20-31-26-15-7-6-14-25(26)21-27(31)24-12-4-3-5-13-24/h3-7,10-15,18,21-22H,1-2,8-9,16-17,19-20H2,(H,30,32)/i16D,17D. The topological polar surface area (TPSA) is 46.9 Å². The van der Waals surface area contributed by atoms with Gasteiger partial charge in [0.1, 0.15) is 0 Å².